The number of nitrogens with two attached hydrogens (primary N) is 1. The van der Waals surface area contributed by atoms with Gasteiger partial charge in [-0.1, -0.05) is 11.6 Å². The Labute approximate surface area is 95.1 Å². The average Bonchev–Trinajstić information content (AvgIpc) is 2.49. The number of oxazole rings is 1. The first-order valence-electron chi connectivity index (χ1n) is 4.03. The van der Waals surface area contributed by atoms with E-state index in [2.05, 4.69) is 15.0 Å². The molecule has 5 nitrogen and oxygen atoms in total. The van der Waals surface area contributed by atoms with E-state index in [0.29, 0.717) is 15.4 Å². The van der Waals surface area contributed by atoms with Crippen LogP contribution < -0.4 is 5.73 Å². The summed E-state index contributed by atoms with van der Waals surface area (Å²) in [5.74, 6) is 0.133. The highest BCUT2D eigenvalue weighted by Gasteiger charge is 2.07. The first-order chi connectivity index (χ1) is 7.13. The van der Waals surface area contributed by atoms with Gasteiger partial charge in [0.05, 0.1) is 5.69 Å². The minimum absolute atomic E-state index is 0.133. The predicted molar refractivity (Wildman–Crippen MR) is 56.8 cm³/mol. The van der Waals surface area contributed by atoms with Gasteiger partial charge in [0.1, 0.15) is 16.4 Å². The fourth-order valence-corrected chi connectivity index (χ4v) is 1.96. The summed E-state index contributed by atoms with van der Waals surface area (Å²) in [6, 6.07) is 1.60. The van der Waals surface area contributed by atoms with E-state index in [9.17, 15) is 0 Å². The summed E-state index contributed by atoms with van der Waals surface area (Å²) in [5, 5.41) is 1.41. The summed E-state index contributed by atoms with van der Waals surface area (Å²) >= 11 is 6.97. The zero-order chi connectivity index (χ0) is 10.8. The van der Waals surface area contributed by atoms with Gasteiger partial charge < -0.3 is 10.2 Å². The Hall–Kier alpha value is -1.27. The summed E-state index contributed by atoms with van der Waals surface area (Å²) in [7, 11) is 0. The molecule has 0 aliphatic heterocycles. The molecule has 0 unspecified atom stereocenters. The summed E-state index contributed by atoms with van der Waals surface area (Å²) < 4.78 is 5.16. The van der Waals surface area contributed by atoms with Gasteiger partial charge in [-0.25, -0.2) is 15.0 Å². The van der Waals surface area contributed by atoms with Crippen LogP contribution in [-0.4, -0.2) is 15.0 Å². The van der Waals surface area contributed by atoms with Gasteiger partial charge in [-0.15, -0.1) is 0 Å². The number of anilines is 1. The Bertz CT molecular complexity index is 467. The molecule has 0 atom stereocenters. The number of aromatic nitrogens is 3. The number of aryl methyl sites for hydroxylation is 1. The lowest BCUT2D eigenvalue weighted by molar-refractivity contribution is 0.454. The highest BCUT2D eigenvalue weighted by Crippen LogP contribution is 2.26. The summed E-state index contributed by atoms with van der Waals surface area (Å²) in [6.07, 6.45) is 1.56. The molecule has 2 N–H and O–H groups in total. The fraction of sp³-hybridized carbons (Fsp3) is 0.125. The van der Waals surface area contributed by atoms with Gasteiger partial charge in [-0.3, -0.25) is 0 Å². The topological polar surface area (TPSA) is 77.8 Å². The van der Waals surface area contributed by atoms with Crippen LogP contribution in [0.2, 0.25) is 5.15 Å². The van der Waals surface area contributed by atoms with Crippen LogP contribution in [0.15, 0.2) is 27.0 Å². The number of rotatable bonds is 2. The van der Waals surface area contributed by atoms with Crippen LogP contribution >= 0.6 is 23.4 Å². The van der Waals surface area contributed by atoms with Crippen molar-refractivity contribution in [2.24, 2.45) is 0 Å². The molecule has 0 saturated heterocycles. The van der Waals surface area contributed by atoms with E-state index in [1.807, 2.05) is 6.92 Å². The molecular formula is C8H7ClN4OS. The van der Waals surface area contributed by atoms with Crippen molar-refractivity contribution in [2.75, 3.05) is 5.73 Å². The monoisotopic (exact) mass is 242 g/mol. The maximum atomic E-state index is 5.73. The lowest BCUT2D eigenvalue weighted by Gasteiger charge is -1.98. The van der Waals surface area contributed by atoms with E-state index >= 15 is 0 Å². The Morgan fingerprint density at radius 3 is 2.80 bits per heavy atom. The van der Waals surface area contributed by atoms with Gasteiger partial charge >= 0.3 is 0 Å². The second kappa shape index (κ2) is 4.08. The maximum Gasteiger partial charge on any atom is 0.262 e. The van der Waals surface area contributed by atoms with E-state index < -0.39 is 0 Å². The molecule has 0 aliphatic rings. The van der Waals surface area contributed by atoms with Crippen molar-refractivity contribution in [3.05, 3.63) is 23.2 Å². The molecule has 15 heavy (non-hydrogen) atoms. The van der Waals surface area contributed by atoms with Crippen molar-refractivity contribution in [1.29, 1.82) is 0 Å². The van der Waals surface area contributed by atoms with Crippen LogP contribution in [0.4, 0.5) is 5.95 Å². The van der Waals surface area contributed by atoms with Crippen molar-refractivity contribution >= 4 is 29.3 Å². The Morgan fingerprint density at radius 2 is 2.20 bits per heavy atom. The Kier molecular flexibility index (Phi) is 2.79. The fourth-order valence-electron chi connectivity index (χ4n) is 0.935. The summed E-state index contributed by atoms with van der Waals surface area (Å²) in [4.78, 5) is 11.8. The standard InChI is InChI=1S/C8H7ClN4OS/c1-4-3-14-8(11-4)15-6-2-5(9)12-7(10)13-6/h2-3H,1H3,(H2,10,12,13). The average molecular weight is 243 g/mol. The molecule has 0 saturated carbocycles. The lowest BCUT2D eigenvalue weighted by Crippen LogP contribution is -1.95. The van der Waals surface area contributed by atoms with E-state index in [1.54, 1.807) is 12.3 Å². The molecule has 2 heterocycles. The normalized spacial score (nSPS) is 10.5. The van der Waals surface area contributed by atoms with Crippen molar-refractivity contribution in [1.82, 2.24) is 15.0 Å². The van der Waals surface area contributed by atoms with Gasteiger partial charge in [-0.2, -0.15) is 0 Å². The summed E-state index contributed by atoms with van der Waals surface area (Å²) in [5.41, 5.74) is 6.26. The molecule has 7 heteroatoms. The molecule has 78 valence electrons. The molecule has 0 spiro atoms. The molecule has 2 aromatic heterocycles. The molecular weight excluding hydrogens is 236 g/mol. The van der Waals surface area contributed by atoms with Crippen molar-refractivity contribution in [3.8, 4) is 0 Å². The molecule has 2 aromatic rings. The van der Waals surface area contributed by atoms with Crippen LogP contribution in [0.25, 0.3) is 0 Å². The third kappa shape index (κ3) is 2.60. The highest BCUT2D eigenvalue weighted by atomic mass is 35.5. The SMILES string of the molecule is Cc1coc(Sc2cc(Cl)nc(N)n2)n1. The maximum absolute atomic E-state index is 5.73. The van der Waals surface area contributed by atoms with Gasteiger partial charge in [0.2, 0.25) is 5.95 Å². The zero-order valence-electron chi connectivity index (χ0n) is 7.77. The third-order valence-corrected chi connectivity index (χ3v) is 2.45. The van der Waals surface area contributed by atoms with Crippen LogP contribution in [0.3, 0.4) is 0 Å². The minimum Gasteiger partial charge on any atom is -0.439 e. The second-order valence-corrected chi connectivity index (χ2v) is 4.10. The van der Waals surface area contributed by atoms with Crippen LogP contribution in [0.1, 0.15) is 5.69 Å². The molecule has 0 aliphatic carbocycles. The predicted octanol–water partition coefficient (Wildman–Crippen LogP) is 2.16. The molecule has 0 aromatic carbocycles. The smallest absolute Gasteiger partial charge is 0.262 e. The van der Waals surface area contributed by atoms with Crippen LogP contribution in [0, 0.1) is 6.92 Å². The third-order valence-electron chi connectivity index (χ3n) is 1.48. The van der Waals surface area contributed by atoms with E-state index in [1.165, 1.54) is 11.8 Å². The number of hydrogen-bond donors (Lipinski definition) is 1. The molecule has 2 rings (SSSR count). The van der Waals surface area contributed by atoms with Gasteiger partial charge in [-0.05, 0) is 18.7 Å². The number of halogens is 1. The van der Waals surface area contributed by atoms with Crippen molar-refractivity contribution in [2.45, 2.75) is 17.2 Å². The quantitative estimate of drug-likeness (QED) is 0.813. The molecule has 0 bridgehead atoms. The van der Waals surface area contributed by atoms with Gasteiger partial charge in [0.25, 0.3) is 5.22 Å². The van der Waals surface area contributed by atoms with Gasteiger partial charge in [0.15, 0.2) is 0 Å². The Balaban J connectivity index is 2.24. The number of nitrogens with zero attached hydrogens (tertiary/aromatic N) is 3. The molecule has 0 radical (unpaired) electrons. The first-order valence-corrected chi connectivity index (χ1v) is 5.23. The lowest BCUT2D eigenvalue weighted by atomic mass is 10.6. The van der Waals surface area contributed by atoms with E-state index in [0.717, 1.165) is 5.69 Å². The molecule has 0 amide bonds. The van der Waals surface area contributed by atoms with Crippen molar-refractivity contribution in [3.63, 3.8) is 0 Å². The van der Waals surface area contributed by atoms with Crippen LogP contribution in [0.5, 0.6) is 0 Å². The summed E-state index contributed by atoms with van der Waals surface area (Å²) in [6.45, 7) is 1.84. The number of nitrogen functional groups attached to an aromatic ring is 1. The first kappa shape index (κ1) is 10.3. The number of hydrogen-bond acceptors (Lipinski definition) is 6. The van der Waals surface area contributed by atoms with Crippen LogP contribution in [-0.2, 0) is 0 Å². The largest absolute Gasteiger partial charge is 0.439 e. The zero-order valence-corrected chi connectivity index (χ0v) is 9.34. The second-order valence-electron chi connectivity index (χ2n) is 2.74. The van der Waals surface area contributed by atoms with E-state index in [4.69, 9.17) is 21.8 Å². The van der Waals surface area contributed by atoms with Crippen molar-refractivity contribution < 1.29 is 4.42 Å². The van der Waals surface area contributed by atoms with E-state index in [-0.39, 0.29) is 5.95 Å². The minimum atomic E-state index is 0.133. The Morgan fingerprint density at radius 1 is 1.40 bits per heavy atom. The highest BCUT2D eigenvalue weighted by molar-refractivity contribution is 7.99. The van der Waals surface area contributed by atoms with Gasteiger partial charge in [0, 0.05) is 6.07 Å². The molecule has 0 fully saturated rings.